The normalized spacial score (nSPS) is 10.6. The summed E-state index contributed by atoms with van der Waals surface area (Å²) in [5.41, 5.74) is 4.91. The van der Waals surface area contributed by atoms with E-state index in [0.717, 1.165) is 20.4 Å². The Morgan fingerprint density at radius 1 is 1.04 bits per heavy atom. The SMILES string of the molecule is COc1ccc(C(=O)N/N=C/c2ccccc2OCc2ccccc2)cc1I. The van der Waals surface area contributed by atoms with Gasteiger partial charge in [0.05, 0.1) is 16.9 Å². The van der Waals surface area contributed by atoms with Crippen LogP contribution in [0.5, 0.6) is 11.5 Å². The van der Waals surface area contributed by atoms with Crippen molar-refractivity contribution in [2.24, 2.45) is 5.10 Å². The number of carbonyl (C=O) groups is 1. The first-order valence-electron chi connectivity index (χ1n) is 8.60. The molecule has 0 aliphatic carbocycles. The molecular formula is C22H19IN2O3. The van der Waals surface area contributed by atoms with Gasteiger partial charge in [0, 0.05) is 11.1 Å². The molecule has 0 spiro atoms. The van der Waals surface area contributed by atoms with E-state index in [1.807, 2.05) is 54.6 Å². The summed E-state index contributed by atoms with van der Waals surface area (Å²) in [6, 6.07) is 22.7. The van der Waals surface area contributed by atoms with Gasteiger partial charge in [0.1, 0.15) is 18.1 Å². The standard InChI is InChI=1S/C22H19IN2O3/c1-27-21-12-11-17(13-19(21)23)22(26)25-24-14-18-9-5-6-10-20(18)28-15-16-7-3-2-4-8-16/h2-14H,15H2,1H3,(H,25,26)/b24-14+. The first-order chi connectivity index (χ1) is 13.7. The van der Waals surface area contributed by atoms with Crippen LogP contribution in [0.2, 0.25) is 0 Å². The molecule has 0 aliphatic rings. The monoisotopic (exact) mass is 486 g/mol. The lowest BCUT2D eigenvalue weighted by Crippen LogP contribution is -2.17. The van der Waals surface area contributed by atoms with Crippen molar-refractivity contribution in [1.82, 2.24) is 5.43 Å². The maximum Gasteiger partial charge on any atom is 0.271 e. The fourth-order valence-corrected chi connectivity index (χ4v) is 3.22. The molecule has 0 heterocycles. The summed E-state index contributed by atoms with van der Waals surface area (Å²) < 4.78 is 11.9. The van der Waals surface area contributed by atoms with Gasteiger partial charge in [-0.25, -0.2) is 5.43 Å². The highest BCUT2D eigenvalue weighted by atomic mass is 127. The van der Waals surface area contributed by atoms with Gasteiger partial charge < -0.3 is 9.47 Å². The second-order valence-corrected chi connectivity index (χ2v) is 7.02. The summed E-state index contributed by atoms with van der Waals surface area (Å²) in [6.45, 7) is 0.461. The summed E-state index contributed by atoms with van der Waals surface area (Å²) in [5, 5.41) is 4.07. The molecule has 0 aromatic heterocycles. The summed E-state index contributed by atoms with van der Waals surface area (Å²) >= 11 is 2.12. The number of rotatable bonds is 7. The molecule has 0 saturated heterocycles. The van der Waals surface area contributed by atoms with Crippen LogP contribution in [-0.2, 0) is 6.61 Å². The van der Waals surface area contributed by atoms with Crippen LogP contribution in [0.1, 0.15) is 21.5 Å². The van der Waals surface area contributed by atoms with Crippen molar-refractivity contribution in [2.75, 3.05) is 7.11 Å². The van der Waals surface area contributed by atoms with Crippen molar-refractivity contribution in [1.29, 1.82) is 0 Å². The zero-order valence-corrected chi connectivity index (χ0v) is 17.4. The van der Waals surface area contributed by atoms with Gasteiger partial charge in [0.15, 0.2) is 0 Å². The Labute approximate surface area is 177 Å². The number of hydrogen-bond acceptors (Lipinski definition) is 4. The maximum atomic E-state index is 12.3. The molecule has 0 fully saturated rings. The second kappa shape index (κ2) is 9.89. The predicted molar refractivity (Wildman–Crippen MR) is 118 cm³/mol. The minimum atomic E-state index is -0.292. The van der Waals surface area contributed by atoms with Crippen molar-refractivity contribution in [2.45, 2.75) is 6.61 Å². The van der Waals surface area contributed by atoms with E-state index in [1.165, 1.54) is 0 Å². The molecule has 0 bridgehead atoms. The highest BCUT2D eigenvalue weighted by Crippen LogP contribution is 2.21. The molecule has 0 aliphatic heterocycles. The Morgan fingerprint density at radius 3 is 2.54 bits per heavy atom. The van der Waals surface area contributed by atoms with Crippen LogP contribution in [0.15, 0.2) is 77.9 Å². The highest BCUT2D eigenvalue weighted by Gasteiger charge is 2.08. The molecule has 142 valence electrons. The molecule has 1 N–H and O–H groups in total. The number of ether oxygens (including phenoxy) is 2. The molecule has 0 saturated carbocycles. The van der Waals surface area contributed by atoms with Crippen molar-refractivity contribution in [3.63, 3.8) is 0 Å². The van der Waals surface area contributed by atoms with Gasteiger partial charge in [-0.2, -0.15) is 5.10 Å². The van der Waals surface area contributed by atoms with Crippen molar-refractivity contribution < 1.29 is 14.3 Å². The van der Waals surface area contributed by atoms with Crippen LogP contribution in [-0.4, -0.2) is 19.2 Å². The average molecular weight is 486 g/mol. The van der Waals surface area contributed by atoms with Gasteiger partial charge in [-0.15, -0.1) is 0 Å². The number of para-hydroxylation sites is 1. The fraction of sp³-hybridized carbons (Fsp3) is 0.0909. The van der Waals surface area contributed by atoms with Gasteiger partial charge in [-0.3, -0.25) is 4.79 Å². The Balaban J connectivity index is 1.64. The van der Waals surface area contributed by atoms with Gasteiger partial charge in [-0.1, -0.05) is 42.5 Å². The third-order valence-corrected chi connectivity index (χ3v) is 4.78. The van der Waals surface area contributed by atoms with Crippen molar-refractivity contribution in [3.8, 4) is 11.5 Å². The van der Waals surface area contributed by atoms with E-state index < -0.39 is 0 Å². The number of hydrazone groups is 1. The van der Waals surface area contributed by atoms with E-state index in [-0.39, 0.29) is 5.91 Å². The number of nitrogens with one attached hydrogen (secondary N) is 1. The molecule has 5 nitrogen and oxygen atoms in total. The minimum Gasteiger partial charge on any atom is -0.496 e. The lowest BCUT2D eigenvalue weighted by molar-refractivity contribution is 0.0955. The third kappa shape index (κ3) is 5.32. The number of methoxy groups -OCH3 is 1. The zero-order valence-electron chi connectivity index (χ0n) is 15.3. The van der Waals surface area contributed by atoms with E-state index in [9.17, 15) is 4.79 Å². The minimum absolute atomic E-state index is 0.292. The molecule has 3 rings (SSSR count). The first kappa shape index (κ1) is 19.9. The largest absolute Gasteiger partial charge is 0.496 e. The topological polar surface area (TPSA) is 59.9 Å². The molecule has 28 heavy (non-hydrogen) atoms. The Bertz CT molecular complexity index is 975. The van der Waals surface area contributed by atoms with Crippen molar-refractivity contribution >= 4 is 34.7 Å². The lowest BCUT2D eigenvalue weighted by Gasteiger charge is -2.09. The smallest absolute Gasteiger partial charge is 0.271 e. The van der Waals surface area contributed by atoms with Crippen LogP contribution in [0.25, 0.3) is 0 Å². The van der Waals surface area contributed by atoms with Crippen LogP contribution in [0.3, 0.4) is 0 Å². The Kier molecular flexibility index (Phi) is 7.02. The molecule has 0 atom stereocenters. The number of nitrogens with zero attached hydrogens (tertiary/aromatic N) is 1. The molecule has 3 aromatic carbocycles. The summed E-state index contributed by atoms with van der Waals surface area (Å²) in [4.78, 5) is 12.3. The summed E-state index contributed by atoms with van der Waals surface area (Å²) in [6.07, 6.45) is 1.58. The second-order valence-electron chi connectivity index (χ2n) is 5.86. The average Bonchev–Trinajstić information content (AvgIpc) is 2.73. The number of carbonyl (C=O) groups excluding carboxylic acids is 1. The molecule has 0 unspecified atom stereocenters. The summed E-state index contributed by atoms with van der Waals surface area (Å²) in [5.74, 6) is 1.13. The van der Waals surface area contributed by atoms with Crippen LogP contribution >= 0.6 is 22.6 Å². The first-order valence-corrected chi connectivity index (χ1v) is 9.68. The predicted octanol–water partition coefficient (Wildman–Crippen LogP) is 4.64. The number of benzene rings is 3. The van der Waals surface area contributed by atoms with Gasteiger partial charge in [-0.05, 0) is 58.5 Å². The lowest BCUT2D eigenvalue weighted by atomic mass is 10.2. The van der Waals surface area contributed by atoms with Crippen LogP contribution in [0.4, 0.5) is 0 Å². The van der Waals surface area contributed by atoms with Crippen LogP contribution < -0.4 is 14.9 Å². The molecule has 0 radical (unpaired) electrons. The van der Waals surface area contributed by atoms with E-state index in [4.69, 9.17) is 9.47 Å². The molecule has 1 amide bonds. The van der Waals surface area contributed by atoms with Gasteiger partial charge in [0.2, 0.25) is 0 Å². The molecule has 3 aromatic rings. The van der Waals surface area contributed by atoms with E-state index in [0.29, 0.717) is 17.9 Å². The highest BCUT2D eigenvalue weighted by molar-refractivity contribution is 14.1. The van der Waals surface area contributed by atoms with E-state index in [1.54, 1.807) is 31.5 Å². The number of halogens is 1. The van der Waals surface area contributed by atoms with Gasteiger partial charge >= 0.3 is 0 Å². The number of amides is 1. The van der Waals surface area contributed by atoms with Gasteiger partial charge in [0.25, 0.3) is 5.91 Å². The molecular weight excluding hydrogens is 467 g/mol. The third-order valence-electron chi connectivity index (χ3n) is 3.94. The van der Waals surface area contributed by atoms with E-state index >= 15 is 0 Å². The zero-order chi connectivity index (χ0) is 19.8. The Morgan fingerprint density at radius 2 is 1.79 bits per heavy atom. The number of hydrogen-bond donors (Lipinski definition) is 1. The van der Waals surface area contributed by atoms with E-state index in [2.05, 4.69) is 33.1 Å². The molecule has 6 heteroatoms. The van der Waals surface area contributed by atoms with Crippen LogP contribution in [0, 0.1) is 3.57 Å². The Hall–Kier alpha value is -2.87. The summed E-state index contributed by atoms with van der Waals surface area (Å²) in [7, 11) is 1.60. The van der Waals surface area contributed by atoms with Crippen molar-refractivity contribution in [3.05, 3.63) is 93.1 Å². The maximum absolute atomic E-state index is 12.3. The quantitative estimate of drug-likeness (QED) is 0.301. The fourth-order valence-electron chi connectivity index (χ4n) is 2.49.